The molecule has 2 N–H and O–H groups in total. The summed E-state index contributed by atoms with van der Waals surface area (Å²) < 4.78 is 0. The van der Waals surface area contributed by atoms with E-state index < -0.39 is 7.12 Å². The van der Waals surface area contributed by atoms with Gasteiger partial charge in [-0.3, -0.25) is 4.79 Å². The summed E-state index contributed by atoms with van der Waals surface area (Å²) in [6, 6.07) is 0. The number of carbonyl (C=O) groups is 1. The van der Waals surface area contributed by atoms with Crippen LogP contribution in [-0.2, 0) is 4.79 Å². The van der Waals surface area contributed by atoms with Crippen LogP contribution in [0.25, 0.3) is 0 Å². The third-order valence-electron chi connectivity index (χ3n) is 0.931. The minimum absolute atomic E-state index is 0.115. The molecule has 0 aliphatic rings. The van der Waals surface area contributed by atoms with Gasteiger partial charge in [-0.15, -0.1) is 0 Å². The van der Waals surface area contributed by atoms with E-state index in [9.17, 15) is 4.79 Å². The van der Waals surface area contributed by atoms with E-state index >= 15 is 0 Å². The van der Waals surface area contributed by atoms with Gasteiger partial charge in [0.15, 0.2) is 0 Å². The van der Waals surface area contributed by atoms with Gasteiger partial charge in [0.2, 0.25) is 0 Å². The van der Waals surface area contributed by atoms with Gasteiger partial charge < -0.3 is 10.0 Å². The standard InChI is InChI=1S/C6H9BO3/c1-5(4-8)3-6(2)7(9)10/h3-4,9-10H,2H2,1H3. The number of hydrogen-bond donors (Lipinski definition) is 2. The van der Waals surface area contributed by atoms with Gasteiger partial charge in [-0.25, -0.2) is 0 Å². The molecule has 4 heteroatoms. The number of aldehydes is 1. The van der Waals surface area contributed by atoms with Crippen molar-refractivity contribution in [2.75, 3.05) is 0 Å². The molecule has 0 aromatic heterocycles. The molecule has 10 heavy (non-hydrogen) atoms. The molecule has 0 unspecified atom stereocenters. The van der Waals surface area contributed by atoms with Crippen molar-refractivity contribution in [3.05, 3.63) is 23.7 Å². The Morgan fingerprint density at radius 1 is 1.60 bits per heavy atom. The van der Waals surface area contributed by atoms with Crippen LogP contribution in [0, 0.1) is 0 Å². The van der Waals surface area contributed by atoms with E-state index in [1.807, 2.05) is 0 Å². The highest BCUT2D eigenvalue weighted by atomic mass is 16.4. The second-order valence-electron chi connectivity index (χ2n) is 1.95. The topological polar surface area (TPSA) is 57.5 Å². The Morgan fingerprint density at radius 3 is 2.40 bits per heavy atom. The Labute approximate surface area is 59.8 Å². The van der Waals surface area contributed by atoms with Crippen molar-refractivity contribution in [1.29, 1.82) is 0 Å². The van der Waals surface area contributed by atoms with Crippen molar-refractivity contribution >= 4 is 13.4 Å². The third-order valence-corrected chi connectivity index (χ3v) is 0.931. The molecule has 54 valence electrons. The lowest BCUT2D eigenvalue weighted by molar-refractivity contribution is -0.104. The molecule has 0 atom stereocenters. The Balaban J connectivity index is 4.13. The van der Waals surface area contributed by atoms with E-state index in [1.54, 1.807) is 6.92 Å². The van der Waals surface area contributed by atoms with Crippen LogP contribution < -0.4 is 0 Å². The maximum atomic E-state index is 9.99. The first kappa shape index (κ1) is 9.13. The van der Waals surface area contributed by atoms with E-state index in [-0.39, 0.29) is 5.47 Å². The molecule has 0 aliphatic heterocycles. The molecule has 0 radical (unpaired) electrons. The fraction of sp³-hybridized carbons (Fsp3) is 0.167. The van der Waals surface area contributed by atoms with Gasteiger partial charge in [-0.2, -0.15) is 0 Å². The molecule has 0 aliphatic carbocycles. The largest absolute Gasteiger partial charge is 0.487 e. The van der Waals surface area contributed by atoms with Gasteiger partial charge in [0.1, 0.15) is 6.29 Å². The van der Waals surface area contributed by atoms with Gasteiger partial charge >= 0.3 is 7.12 Å². The predicted molar refractivity (Wildman–Crippen MR) is 39.2 cm³/mol. The zero-order valence-electron chi connectivity index (χ0n) is 5.74. The smallest absolute Gasteiger partial charge is 0.423 e. The predicted octanol–water partition coefficient (Wildman–Crippen LogP) is -0.300. The fourth-order valence-electron chi connectivity index (χ4n) is 0.401. The van der Waals surface area contributed by atoms with Crippen molar-refractivity contribution in [3.8, 4) is 0 Å². The lowest BCUT2D eigenvalue weighted by Crippen LogP contribution is -2.12. The molecule has 0 fully saturated rings. The summed E-state index contributed by atoms with van der Waals surface area (Å²) >= 11 is 0. The Hall–Kier alpha value is -0.865. The van der Waals surface area contributed by atoms with Crippen molar-refractivity contribution in [1.82, 2.24) is 0 Å². The summed E-state index contributed by atoms with van der Waals surface area (Å²) in [5.41, 5.74) is 0.530. The monoisotopic (exact) mass is 140 g/mol. The molecule has 0 aromatic carbocycles. The zero-order chi connectivity index (χ0) is 8.15. The fourth-order valence-corrected chi connectivity index (χ4v) is 0.401. The van der Waals surface area contributed by atoms with Crippen LogP contribution >= 0.6 is 0 Å². The van der Waals surface area contributed by atoms with Gasteiger partial charge in [0.05, 0.1) is 0 Å². The molecule has 0 heterocycles. The van der Waals surface area contributed by atoms with Crippen LogP contribution in [0.4, 0.5) is 0 Å². The third kappa shape index (κ3) is 3.22. The van der Waals surface area contributed by atoms with Crippen molar-refractivity contribution < 1.29 is 14.8 Å². The minimum atomic E-state index is -1.57. The molecule has 0 spiro atoms. The van der Waals surface area contributed by atoms with Gasteiger partial charge in [-0.1, -0.05) is 12.7 Å². The molecule has 3 nitrogen and oxygen atoms in total. The highest BCUT2D eigenvalue weighted by Crippen LogP contribution is 1.97. The summed E-state index contributed by atoms with van der Waals surface area (Å²) in [6.45, 7) is 4.86. The van der Waals surface area contributed by atoms with E-state index in [1.165, 1.54) is 6.08 Å². The normalized spacial score (nSPS) is 10.9. The van der Waals surface area contributed by atoms with Gasteiger partial charge in [-0.05, 0) is 18.0 Å². The molecule has 0 bridgehead atoms. The average Bonchev–Trinajstić information content (AvgIpc) is 1.87. The summed E-state index contributed by atoms with van der Waals surface area (Å²) in [6.07, 6.45) is 1.94. The maximum Gasteiger partial charge on any atom is 0.487 e. The molecule has 0 amide bonds. The quantitative estimate of drug-likeness (QED) is 0.245. The van der Waals surface area contributed by atoms with Gasteiger partial charge in [0, 0.05) is 0 Å². The lowest BCUT2D eigenvalue weighted by atomic mass is 9.80. The summed E-state index contributed by atoms with van der Waals surface area (Å²) in [7, 11) is -1.57. The van der Waals surface area contributed by atoms with Crippen LogP contribution in [0.3, 0.4) is 0 Å². The average molecular weight is 140 g/mol. The Bertz CT molecular complexity index is 172. The molecule has 0 saturated carbocycles. The highest BCUT2D eigenvalue weighted by Gasteiger charge is 2.08. The second-order valence-corrected chi connectivity index (χ2v) is 1.95. The summed E-state index contributed by atoms with van der Waals surface area (Å²) in [5.74, 6) is 0. The molecular weight excluding hydrogens is 131 g/mol. The van der Waals surface area contributed by atoms with Crippen LogP contribution in [0.2, 0.25) is 0 Å². The van der Waals surface area contributed by atoms with Crippen LogP contribution in [0.1, 0.15) is 6.92 Å². The Morgan fingerprint density at radius 2 is 2.10 bits per heavy atom. The number of hydrogen-bond acceptors (Lipinski definition) is 3. The summed E-state index contributed by atoms with van der Waals surface area (Å²) in [4.78, 5) is 9.99. The summed E-state index contributed by atoms with van der Waals surface area (Å²) in [5, 5.41) is 16.9. The van der Waals surface area contributed by atoms with Crippen molar-refractivity contribution in [3.63, 3.8) is 0 Å². The number of allylic oxidation sites excluding steroid dienone is 3. The van der Waals surface area contributed by atoms with E-state index in [0.717, 1.165) is 0 Å². The van der Waals surface area contributed by atoms with Crippen LogP contribution in [0.15, 0.2) is 23.7 Å². The van der Waals surface area contributed by atoms with Crippen LogP contribution in [-0.4, -0.2) is 23.5 Å². The first-order valence-electron chi connectivity index (χ1n) is 2.76. The van der Waals surface area contributed by atoms with E-state index in [0.29, 0.717) is 11.9 Å². The number of rotatable bonds is 3. The molecule has 0 aromatic rings. The molecular formula is C6H9BO3. The maximum absolute atomic E-state index is 9.99. The highest BCUT2D eigenvalue weighted by molar-refractivity contribution is 6.51. The second kappa shape index (κ2) is 4.03. The Kier molecular flexibility index (Phi) is 3.68. The van der Waals surface area contributed by atoms with Crippen molar-refractivity contribution in [2.24, 2.45) is 0 Å². The first-order valence-corrected chi connectivity index (χ1v) is 2.76. The van der Waals surface area contributed by atoms with Crippen molar-refractivity contribution in [2.45, 2.75) is 6.92 Å². The van der Waals surface area contributed by atoms with Crippen LogP contribution in [0.5, 0.6) is 0 Å². The first-order chi connectivity index (χ1) is 4.57. The molecule has 0 rings (SSSR count). The SMILES string of the molecule is C=C(C=C(C)C=O)B(O)O. The number of carbonyl (C=O) groups excluding carboxylic acids is 1. The zero-order valence-corrected chi connectivity index (χ0v) is 5.74. The van der Waals surface area contributed by atoms with E-state index in [2.05, 4.69) is 6.58 Å². The van der Waals surface area contributed by atoms with E-state index in [4.69, 9.17) is 10.0 Å². The lowest BCUT2D eigenvalue weighted by Gasteiger charge is -1.95. The van der Waals surface area contributed by atoms with Gasteiger partial charge in [0.25, 0.3) is 0 Å². The molecule has 0 saturated heterocycles. The minimum Gasteiger partial charge on any atom is -0.423 e.